The Hall–Kier alpha value is -5.15. The first-order valence-electron chi connectivity index (χ1n) is 12.8. The lowest BCUT2D eigenvalue weighted by Crippen LogP contribution is -1.92. The van der Waals surface area contributed by atoms with Crippen molar-refractivity contribution in [1.29, 1.82) is 0 Å². The van der Waals surface area contributed by atoms with Crippen molar-refractivity contribution in [2.75, 3.05) is 0 Å². The van der Waals surface area contributed by atoms with Gasteiger partial charge >= 0.3 is 0 Å². The van der Waals surface area contributed by atoms with Crippen LogP contribution in [0, 0.1) is 0 Å². The summed E-state index contributed by atoms with van der Waals surface area (Å²) in [6.07, 6.45) is 0. The van der Waals surface area contributed by atoms with Gasteiger partial charge in [-0.3, -0.25) is 0 Å². The summed E-state index contributed by atoms with van der Waals surface area (Å²) >= 11 is 0. The van der Waals surface area contributed by atoms with Crippen molar-refractivity contribution in [2.45, 2.75) is 0 Å². The van der Waals surface area contributed by atoms with Crippen molar-refractivity contribution in [3.8, 4) is 22.6 Å². The molecule has 8 rings (SSSR count). The van der Waals surface area contributed by atoms with Crippen LogP contribution in [0.4, 0.5) is 0 Å². The van der Waals surface area contributed by atoms with Gasteiger partial charge in [-0.1, -0.05) is 91.0 Å². The van der Waals surface area contributed by atoms with Crippen LogP contribution in [0.1, 0.15) is 0 Å². The van der Waals surface area contributed by atoms with Gasteiger partial charge in [0.15, 0.2) is 0 Å². The second-order valence-electron chi connectivity index (χ2n) is 9.75. The molecule has 0 radical (unpaired) electrons. The summed E-state index contributed by atoms with van der Waals surface area (Å²) in [6.45, 7) is 0. The third kappa shape index (κ3) is 3.40. The largest absolute Gasteiger partial charge is 0.246 e. The van der Waals surface area contributed by atoms with E-state index >= 15 is 0 Å². The predicted molar refractivity (Wildman–Crippen MR) is 158 cm³/mol. The topological polar surface area (TPSA) is 38.7 Å². The molecule has 3 heterocycles. The van der Waals surface area contributed by atoms with E-state index < -0.39 is 0 Å². The van der Waals surface area contributed by atoms with Crippen molar-refractivity contribution in [3.63, 3.8) is 0 Å². The molecule has 38 heavy (non-hydrogen) atoms. The summed E-state index contributed by atoms with van der Waals surface area (Å²) in [5, 5.41) is 8.11. The fraction of sp³-hybridized carbons (Fsp3) is 0. The molecular formula is C35H21N3. The van der Waals surface area contributed by atoms with E-state index in [-0.39, 0.29) is 0 Å². The molecule has 0 fully saturated rings. The molecule has 0 saturated heterocycles. The van der Waals surface area contributed by atoms with Crippen molar-refractivity contribution >= 4 is 54.3 Å². The van der Waals surface area contributed by atoms with Crippen molar-refractivity contribution in [3.05, 3.63) is 127 Å². The van der Waals surface area contributed by atoms with E-state index in [4.69, 9.17) is 15.0 Å². The zero-order chi connectivity index (χ0) is 25.1. The van der Waals surface area contributed by atoms with Crippen LogP contribution in [-0.4, -0.2) is 15.0 Å². The lowest BCUT2D eigenvalue weighted by molar-refractivity contribution is 1.31. The molecule has 3 aromatic heterocycles. The van der Waals surface area contributed by atoms with E-state index in [1.54, 1.807) is 0 Å². The minimum absolute atomic E-state index is 0.845. The second kappa shape index (κ2) is 8.19. The molecule has 0 unspecified atom stereocenters. The molecule has 0 atom stereocenters. The van der Waals surface area contributed by atoms with E-state index in [0.717, 1.165) is 55.4 Å². The highest BCUT2D eigenvalue weighted by Crippen LogP contribution is 2.30. The maximum Gasteiger partial charge on any atom is 0.0973 e. The normalized spacial score (nSPS) is 11.7. The molecule has 0 aliphatic rings. The third-order valence-corrected chi connectivity index (χ3v) is 7.38. The Balaban J connectivity index is 1.29. The number of fused-ring (bicyclic) bond motifs is 6. The summed E-state index contributed by atoms with van der Waals surface area (Å²) in [4.78, 5) is 15.2. The summed E-state index contributed by atoms with van der Waals surface area (Å²) < 4.78 is 0. The molecule has 5 aromatic carbocycles. The van der Waals surface area contributed by atoms with Crippen LogP contribution in [-0.2, 0) is 0 Å². The zero-order valence-corrected chi connectivity index (χ0v) is 20.5. The molecular weight excluding hydrogens is 462 g/mol. The van der Waals surface area contributed by atoms with Gasteiger partial charge in [-0.25, -0.2) is 15.0 Å². The lowest BCUT2D eigenvalue weighted by atomic mass is 10.0. The summed E-state index contributed by atoms with van der Waals surface area (Å²) in [5.74, 6) is 0. The van der Waals surface area contributed by atoms with Crippen molar-refractivity contribution < 1.29 is 0 Å². The number of pyridine rings is 3. The van der Waals surface area contributed by atoms with Gasteiger partial charge in [0.05, 0.1) is 33.6 Å². The first-order valence-corrected chi connectivity index (χ1v) is 12.8. The highest BCUT2D eigenvalue weighted by molar-refractivity contribution is 6.04. The fourth-order valence-corrected chi connectivity index (χ4v) is 5.37. The Morgan fingerprint density at radius 3 is 1.55 bits per heavy atom. The average molecular weight is 484 g/mol. The van der Waals surface area contributed by atoms with E-state index in [0.29, 0.717) is 0 Å². The maximum atomic E-state index is 5.12. The quantitative estimate of drug-likeness (QED) is 0.182. The van der Waals surface area contributed by atoms with Crippen LogP contribution in [0.2, 0.25) is 0 Å². The van der Waals surface area contributed by atoms with E-state index in [1.165, 1.54) is 21.5 Å². The monoisotopic (exact) mass is 483 g/mol. The Morgan fingerprint density at radius 1 is 0.316 bits per heavy atom. The van der Waals surface area contributed by atoms with Crippen molar-refractivity contribution in [2.24, 2.45) is 0 Å². The van der Waals surface area contributed by atoms with E-state index in [1.807, 2.05) is 0 Å². The van der Waals surface area contributed by atoms with Crippen LogP contribution in [0.5, 0.6) is 0 Å². The number of hydrogen-bond acceptors (Lipinski definition) is 3. The van der Waals surface area contributed by atoms with E-state index in [2.05, 4.69) is 127 Å². The number of benzene rings is 5. The molecule has 3 heteroatoms. The Labute approximate surface area is 219 Å². The van der Waals surface area contributed by atoms with Gasteiger partial charge in [0, 0.05) is 21.7 Å². The molecule has 0 aliphatic carbocycles. The molecule has 0 bridgehead atoms. The summed E-state index contributed by atoms with van der Waals surface area (Å²) in [7, 11) is 0. The highest BCUT2D eigenvalue weighted by Gasteiger charge is 2.11. The van der Waals surface area contributed by atoms with Gasteiger partial charge in [0.1, 0.15) is 0 Å². The summed E-state index contributed by atoms with van der Waals surface area (Å²) in [6, 6.07) is 44.5. The third-order valence-electron chi connectivity index (χ3n) is 7.38. The first-order chi connectivity index (χ1) is 18.8. The van der Waals surface area contributed by atoms with Gasteiger partial charge in [0.2, 0.25) is 0 Å². The van der Waals surface area contributed by atoms with Crippen LogP contribution in [0.3, 0.4) is 0 Å². The Morgan fingerprint density at radius 2 is 0.816 bits per heavy atom. The number of nitrogens with zero attached hydrogens (tertiary/aromatic N) is 3. The predicted octanol–water partition coefficient (Wildman–Crippen LogP) is 8.97. The van der Waals surface area contributed by atoms with Gasteiger partial charge in [-0.15, -0.1) is 0 Å². The maximum absolute atomic E-state index is 5.12. The zero-order valence-electron chi connectivity index (χ0n) is 20.5. The molecule has 0 amide bonds. The SMILES string of the molecule is c1ccc2cc(-c3ccc4ccc5ccc(-c6ccc7cc8ccccc8cc7n6)nc5c4n3)ccc2c1. The minimum Gasteiger partial charge on any atom is -0.246 e. The van der Waals surface area contributed by atoms with Crippen LogP contribution >= 0.6 is 0 Å². The van der Waals surface area contributed by atoms with Gasteiger partial charge < -0.3 is 0 Å². The van der Waals surface area contributed by atoms with Crippen LogP contribution < -0.4 is 0 Å². The standard InChI is InChI=1S/C35H21N3/c1-2-6-25-19-28(12-9-22(25)5-1)30-16-13-23-10-11-24-14-17-32(38-35(24)34(23)37-30)31-18-15-29-20-26-7-3-4-8-27(26)21-33(29)36-31/h1-21H. The van der Waals surface area contributed by atoms with E-state index in [9.17, 15) is 0 Å². The molecule has 176 valence electrons. The molecule has 8 aromatic rings. The fourth-order valence-electron chi connectivity index (χ4n) is 5.37. The molecule has 0 aliphatic heterocycles. The molecule has 0 saturated carbocycles. The molecule has 0 N–H and O–H groups in total. The number of rotatable bonds is 2. The lowest BCUT2D eigenvalue weighted by Gasteiger charge is -2.09. The Bertz CT molecular complexity index is 2200. The number of aromatic nitrogens is 3. The molecule has 0 spiro atoms. The van der Waals surface area contributed by atoms with Crippen molar-refractivity contribution in [1.82, 2.24) is 15.0 Å². The average Bonchev–Trinajstić information content (AvgIpc) is 2.99. The highest BCUT2D eigenvalue weighted by atomic mass is 14.8. The van der Waals surface area contributed by atoms with Crippen LogP contribution in [0.25, 0.3) is 76.9 Å². The minimum atomic E-state index is 0.845. The second-order valence-corrected chi connectivity index (χ2v) is 9.75. The van der Waals surface area contributed by atoms with Gasteiger partial charge in [-0.2, -0.15) is 0 Å². The molecule has 3 nitrogen and oxygen atoms in total. The van der Waals surface area contributed by atoms with Gasteiger partial charge in [-0.05, 0) is 57.9 Å². The van der Waals surface area contributed by atoms with Crippen LogP contribution in [0.15, 0.2) is 127 Å². The smallest absolute Gasteiger partial charge is 0.0973 e. The summed E-state index contributed by atoms with van der Waals surface area (Å²) in [5.41, 5.74) is 6.51. The Kier molecular flexibility index (Phi) is 4.52. The number of hydrogen-bond donors (Lipinski definition) is 0. The van der Waals surface area contributed by atoms with Gasteiger partial charge in [0.25, 0.3) is 0 Å². The first kappa shape index (κ1) is 21.0.